The summed E-state index contributed by atoms with van der Waals surface area (Å²) >= 11 is 5.92. The third kappa shape index (κ3) is 4.77. The Bertz CT molecular complexity index is 878. The Hall–Kier alpha value is -2.99. The van der Waals surface area contributed by atoms with Crippen LogP contribution in [-0.2, 0) is 6.73 Å². The van der Waals surface area contributed by atoms with Crippen LogP contribution in [0.4, 0.5) is 5.69 Å². The lowest BCUT2D eigenvalue weighted by molar-refractivity contribution is 0.102. The van der Waals surface area contributed by atoms with E-state index in [1.54, 1.807) is 53.5 Å². The molecule has 1 N–H and O–H groups in total. The van der Waals surface area contributed by atoms with Gasteiger partial charge in [-0.05, 0) is 49.4 Å². The van der Waals surface area contributed by atoms with E-state index in [2.05, 4.69) is 10.4 Å². The van der Waals surface area contributed by atoms with Crippen LogP contribution in [0.5, 0.6) is 11.5 Å². The van der Waals surface area contributed by atoms with Crippen LogP contribution in [0, 0.1) is 0 Å². The van der Waals surface area contributed by atoms with Gasteiger partial charge < -0.3 is 14.8 Å². The maximum atomic E-state index is 12.3. The average molecular weight is 372 g/mol. The molecule has 6 nitrogen and oxygen atoms in total. The predicted octanol–water partition coefficient (Wildman–Crippen LogP) is 4.22. The summed E-state index contributed by atoms with van der Waals surface area (Å²) < 4.78 is 12.5. The number of halogens is 1. The van der Waals surface area contributed by atoms with E-state index < -0.39 is 0 Å². The molecule has 134 valence electrons. The molecule has 0 unspecified atom stereocenters. The number of hydrogen-bond donors (Lipinski definition) is 1. The monoisotopic (exact) mass is 371 g/mol. The van der Waals surface area contributed by atoms with Crippen LogP contribution < -0.4 is 14.8 Å². The number of nitrogens with one attached hydrogen (secondary N) is 1. The minimum atomic E-state index is -0.219. The second-order valence-electron chi connectivity index (χ2n) is 5.41. The van der Waals surface area contributed by atoms with Crippen molar-refractivity contribution in [3.63, 3.8) is 0 Å². The van der Waals surface area contributed by atoms with Gasteiger partial charge in [0.2, 0.25) is 0 Å². The molecule has 7 heteroatoms. The molecular weight excluding hydrogens is 354 g/mol. The summed E-state index contributed by atoms with van der Waals surface area (Å²) in [4.78, 5) is 12.3. The van der Waals surface area contributed by atoms with Crippen LogP contribution in [0.25, 0.3) is 0 Å². The fourth-order valence-electron chi connectivity index (χ4n) is 2.27. The van der Waals surface area contributed by atoms with E-state index >= 15 is 0 Å². The zero-order valence-corrected chi connectivity index (χ0v) is 14.9. The maximum Gasteiger partial charge on any atom is 0.255 e. The van der Waals surface area contributed by atoms with Crippen molar-refractivity contribution in [1.29, 1.82) is 0 Å². The van der Waals surface area contributed by atoms with E-state index in [1.807, 2.05) is 19.1 Å². The van der Waals surface area contributed by atoms with Crippen molar-refractivity contribution in [1.82, 2.24) is 9.78 Å². The van der Waals surface area contributed by atoms with E-state index in [4.69, 9.17) is 21.1 Å². The lowest BCUT2D eigenvalue weighted by atomic mass is 10.2. The second-order valence-corrected chi connectivity index (χ2v) is 5.85. The molecule has 3 rings (SSSR count). The maximum absolute atomic E-state index is 12.3. The molecule has 0 aliphatic rings. The SMILES string of the molecule is CCOc1ccc(C(=O)Nc2cnn(COc3cccc(Cl)c3)c2)cc1. The summed E-state index contributed by atoms with van der Waals surface area (Å²) in [6.07, 6.45) is 3.25. The van der Waals surface area contributed by atoms with Crippen molar-refractivity contribution in [3.8, 4) is 11.5 Å². The zero-order valence-electron chi connectivity index (χ0n) is 14.2. The number of amides is 1. The molecule has 1 amide bonds. The Morgan fingerprint density at radius 3 is 2.69 bits per heavy atom. The molecule has 1 heterocycles. The van der Waals surface area contributed by atoms with Crippen molar-refractivity contribution in [2.24, 2.45) is 0 Å². The topological polar surface area (TPSA) is 65.4 Å². The van der Waals surface area contributed by atoms with Gasteiger partial charge in [-0.3, -0.25) is 4.79 Å². The van der Waals surface area contributed by atoms with Gasteiger partial charge in [0.1, 0.15) is 11.5 Å². The molecule has 0 spiro atoms. The first-order valence-electron chi connectivity index (χ1n) is 8.09. The van der Waals surface area contributed by atoms with Gasteiger partial charge >= 0.3 is 0 Å². The number of anilines is 1. The van der Waals surface area contributed by atoms with Gasteiger partial charge in [0.25, 0.3) is 5.91 Å². The van der Waals surface area contributed by atoms with Gasteiger partial charge in [0, 0.05) is 10.6 Å². The van der Waals surface area contributed by atoms with Crippen molar-refractivity contribution in [3.05, 3.63) is 71.5 Å². The van der Waals surface area contributed by atoms with Crippen molar-refractivity contribution in [2.45, 2.75) is 13.7 Å². The number of hydrogen-bond acceptors (Lipinski definition) is 4. The fourth-order valence-corrected chi connectivity index (χ4v) is 2.45. The molecule has 0 aliphatic carbocycles. The highest BCUT2D eigenvalue weighted by Crippen LogP contribution is 2.18. The molecule has 0 saturated heterocycles. The van der Waals surface area contributed by atoms with Gasteiger partial charge in [0.15, 0.2) is 6.73 Å². The average Bonchev–Trinajstić information content (AvgIpc) is 3.08. The first kappa shape index (κ1) is 17.8. The number of benzene rings is 2. The molecule has 0 aliphatic heterocycles. The quantitative estimate of drug-likeness (QED) is 0.675. The largest absolute Gasteiger partial charge is 0.494 e. The fraction of sp³-hybridized carbons (Fsp3) is 0.158. The summed E-state index contributed by atoms with van der Waals surface area (Å²) in [5.41, 5.74) is 1.12. The number of ether oxygens (including phenoxy) is 2. The number of carbonyl (C=O) groups is 1. The number of aromatic nitrogens is 2. The van der Waals surface area contributed by atoms with Gasteiger partial charge in [-0.1, -0.05) is 17.7 Å². The lowest BCUT2D eigenvalue weighted by Crippen LogP contribution is -2.11. The highest BCUT2D eigenvalue weighted by Gasteiger charge is 2.08. The molecular formula is C19H18ClN3O3. The third-order valence-corrected chi connectivity index (χ3v) is 3.71. The Labute approximate surface area is 156 Å². The summed E-state index contributed by atoms with van der Waals surface area (Å²) in [6.45, 7) is 2.70. The molecule has 0 atom stereocenters. The Balaban J connectivity index is 1.56. The van der Waals surface area contributed by atoms with Crippen LogP contribution in [-0.4, -0.2) is 22.3 Å². The molecule has 0 radical (unpaired) electrons. The molecule has 1 aromatic heterocycles. The number of carbonyl (C=O) groups excluding carboxylic acids is 1. The summed E-state index contributed by atoms with van der Waals surface area (Å²) in [7, 11) is 0. The Morgan fingerprint density at radius 1 is 1.15 bits per heavy atom. The van der Waals surface area contributed by atoms with Crippen LogP contribution in [0.2, 0.25) is 5.02 Å². The van der Waals surface area contributed by atoms with Crippen LogP contribution in [0.3, 0.4) is 0 Å². The van der Waals surface area contributed by atoms with Crippen LogP contribution >= 0.6 is 11.6 Å². The van der Waals surface area contributed by atoms with Crippen molar-refractivity contribution >= 4 is 23.2 Å². The predicted molar refractivity (Wildman–Crippen MR) is 99.9 cm³/mol. The molecule has 0 saturated carbocycles. The van der Waals surface area contributed by atoms with E-state index in [1.165, 1.54) is 0 Å². The smallest absolute Gasteiger partial charge is 0.255 e. The second kappa shape index (κ2) is 8.40. The molecule has 3 aromatic rings. The number of nitrogens with zero attached hydrogens (tertiary/aromatic N) is 2. The lowest BCUT2D eigenvalue weighted by Gasteiger charge is -2.06. The zero-order chi connectivity index (χ0) is 18.4. The standard InChI is InChI=1S/C19H18ClN3O3/c1-2-25-17-8-6-14(7-9-17)19(24)22-16-11-21-23(12-16)13-26-18-5-3-4-15(20)10-18/h3-12H,2,13H2,1H3,(H,22,24). The van der Waals surface area contributed by atoms with Gasteiger partial charge in [0.05, 0.1) is 24.7 Å². The minimum Gasteiger partial charge on any atom is -0.494 e. The van der Waals surface area contributed by atoms with Gasteiger partial charge in [-0.15, -0.1) is 0 Å². The van der Waals surface area contributed by atoms with E-state index in [0.717, 1.165) is 5.75 Å². The number of rotatable bonds is 7. The summed E-state index contributed by atoms with van der Waals surface area (Å²) in [6, 6.07) is 14.1. The first-order chi connectivity index (χ1) is 12.6. The normalized spacial score (nSPS) is 10.4. The molecule has 0 bridgehead atoms. The Kier molecular flexibility index (Phi) is 5.76. The highest BCUT2D eigenvalue weighted by atomic mass is 35.5. The van der Waals surface area contributed by atoms with Gasteiger partial charge in [-0.25, -0.2) is 4.68 Å². The van der Waals surface area contributed by atoms with Gasteiger partial charge in [-0.2, -0.15) is 5.10 Å². The van der Waals surface area contributed by atoms with Crippen molar-refractivity contribution in [2.75, 3.05) is 11.9 Å². The van der Waals surface area contributed by atoms with E-state index in [9.17, 15) is 4.79 Å². The van der Waals surface area contributed by atoms with Crippen LogP contribution in [0.15, 0.2) is 60.9 Å². The molecule has 26 heavy (non-hydrogen) atoms. The molecule has 0 fully saturated rings. The highest BCUT2D eigenvalue weighted by molar-refractivity contribution is 6.30. The first-order valence-corrected chi connectivity index (χ1v) is 8.47. The van der Waals surface area contributed by atoms with Crippen LogP contribution in [0.1, 0.15) is 17.3 Å². The third-order valence-electron chi connectivity index (χ3n) is 3.48. The Morgan fingerprint density at radius 2 is 1.96 bits per heavy atom. The van der Waals surface area contributed by atoms with E-state index in [-0.39, 0.29) is 12.6 Å². The summed E-state index contributed by atoms with van der Waals surface area (Å²) in [5, 5.41) is 7.56. The van der Waals surface area contributed by atoms with E-state index in [0.29, 0.717) is 28.6 Å². The summed E-state index contributed by atoms with van der Waals surface area (Å²) in [5.74, 6) is 1.16. The molecule has 2 aromatic carbocycles. The minimum absolute atomic E-state index is 0.208. The van der Waals surface area contributed by atoms with Crippen molar-refractivity contribution < 1.29 is 14.3 Å².